The zero-order chi connectivity index (χ0) is 16.9. The molecule has 1 N–H and O–H groups in total. The Morgan fingerprint density at radius 2 is 2.09 bits per heavy atom. The average molecular weight is 349 g/mol. The highest BCUT2D eigenvalue weighted by atomic mass is 35.5. The van der Waals surface area contributed by atoms with E-state index in [9.17, 15) is 13.2 Å². The Balaban J connectivity index is 3.19. The van der Waals surface area contributed by atoms with E-state index in [2.05, 4.69) is 5.32 Å². The molecule has 0 unspecified atom stereocenters. The third-order valence-corrected chi connectivity index (χ3v) is 4.56. The van der Waals surface area contributed by atoms with Gasteiger partial charge in [0.2, 0.25) is 15.9 Å². The summed E-state index contributed by atoms with van der Waals surface area (Å²) in [6.45, 7) is 3.94. The molecular weight excluding hydrogens is 328 g/mol. The van der Waals surface area contributed by atoms with Gasteiger partial charge in [0, 0.05) is 6.54 Å². The zero-order valence-corrected chi connectivity index (χ0v) is 14.7. The van der Waals surface area contributed by atoms with Gasteiger partial charge in [-0.05, 0) is 31.5 Å². The van der Waals surface area contributed by atoms with Crippen LogP contribution in [0.15, 0.2) is 18.2 Å². The van der Waals surface area contributed by atoms with E-state index in [1.165, 1.54) is 20.1 Å². The lowest BCUT2D eigenvalue weighted by Gasteiger charge is -2.28. The fourth-order valence-electron chi connectivity index (χ4n) is 2.00. The van der Waals surface area contributed by atoms with Gasteiger partial charge in [-0.2, -0.15) is 0 Å². The number of nitrogens with zero attached hydrogens (tertiary/aromatic N) is 1. The van der Waals surface area contributed by atoms with Crippen LogP contribution in [0, 0.1) is 0 Å². The molecular formula is C14H21ClN2O4S. The Hall–Kier alpha value is -1.47. The van der Waals surface area contributed by atoms with Crippen LogP contribution in [0.1, 0.15) is 20.3 Å². The zero-order valence-electron chi connectivity index (χ0n) is 13.1. The molecule has 0 aromatic heterocycles. The highest BCUT2D eigenvalue weighted by Crippen LogP contribution is 2.31. The van der Waals surface area contributed by atoms with E-state index < -0.39 is 16.1 Å². The van der Waals surface area contributed by atoms with Gasteiger partial charge in [0.25, 0.3) is 0 Å². The monoisotopic (exact) mass is 348 g/mol. The number of hydrogen-bond acceptors (Lipinski definition) is 4. The fourth-order valence-corrected chi connectivity index (χ4v) is 3.42. The molecule has 1 amide bonds. The maximum atomic E-state index is 12.1. The molecule has 1 rings (SSSR count). The van der Waals surface area contributed by atoms with Crippen LogP contribution >= 0.6 is 11.6 Å². The molecule has 0 aliphatic carbocycles. The number of anilines is 1. The second-order valence-corrected chi connectivity index (χ2v) is 7.11. The highest BCUT2D eigenvalue weighted by Gasteiger charge is 2.29. The summed E-state index contributed by atoms with van der Waals surface area (Å²) >= 11 is 6.04. The first-order valence-electron chi connectivity index (χ1n) is 6.83. The van der Waals surface area contributed by atoms with Gasteiger partial charge < -0.3 is 10.1 Å². The number of benzene rings is 1. The number of nitrogens with one attached hydrogen (secondary N) is 1. The highest BCUT2D eigenvalue weighted by molar-refractivity contribution is 7.92. The number of carbonyl (C=O) groups is 1. The molecule has 0 aliphatic heterocycles. The number of amides is 1. The van der Waals surface area contributed by atoms with E-state index in [1.807, 2.05) is 6.92 Å². The molecule has 22 heavy (non-hydrogen) atoms. The third kappa shape index (κ3) is 4.51. The number of carbonyl (C=O) groups excluding carboxylic acids is 1. The molecule has 0 bridgehead atoms. The standard InChI is InChI=1S/C14H21ClN2O4S/c1-5-8-16-14(18)10(2)17(22(4,19)20)11-6-7-13(21-3)12(15)9-11/h6-7,9-10H,5,8H2,1-4H3,(H,16,18)/t10-/m1/s1. The van der Waals surface area contributed by atoms with Crippen LogP contribution in [0.4, 0.5) is 5.69 Å². The second-order valence-electron chi connectivity index (χ2n) is 4.84. The van der Waals surface area contributed by atoms with Crippen molar-refractivity contribution < 1.29 is 17.9 Å². The number of sulfonamides is 1. The molecule has 0 radical (unpaired) electrons. The molecule has 0 fully saturated rings. The van der Waals surface area contributed by atoms with Gasteiger partial charge >= 0.3 is 0 Å². The smallest absolute Gasteiger partial charge is 0.243 e. The molecule has 1 aromatic rings. The van der Waals surface area contributed by atoms with Crippen LogP contribution in [0.2, 0.25) is 5.02 Å². The molecule has 1 atom stereocenters. The number of rotatable bonds is 7. The van der Waals surface area contributed by atoms with Gasteiger partial charge in [0.05, 0.1) is 24.1 Å². The number of halogens is 1. The third-order valence-electron chi connectivity index (χ3n) is 3.03. The summed E-state index contributed by atoms with van der Waals surface area (Å²) in [5.74, 6) is 0.0705. The predicted molar refractivity (Wildman–Crippen MR) is 88.1 cm³/mol. The largest absolute Gasteiger partial charge is 0.495 e. The molecule has 124 valence electrons. The second kappa shape index (κ2) is 7.69. The fraction of sp³-hybridized carbons (Fsp3) is 0.500. The minimum Gasteiger partial charge on any atom is -0.495 e. The van der Waals surface area contributed by atoms with Crippen LogP contribution in [0.3, 0.4) is 0 Å². The summed E-state index contributed by atoms with van der Waals surface area (Å²) in [6.07, 6.45) is 1.82. The van der Waals surface area contributed by atoms with E-state index in [-0.39, 0.29) is 10.9 Å². The quantitative estimate of drug-likeness (QED) is 0.818. The van der Waals surface area contributed by atoms with Crippen LogP contribution in [-0.4, -0.2) is 40.3 Å². The lowest BCUT2D eigenvalue weighted by Crippen LogP contribution is -2.48. The van der Waals surface area contributed by atoms with Crippen molar-refractivity contribution in [3.63, 3.8) is 0 Å². The Bertz CT molecular complexity index is 634. The van der Waals surface area contributed by atoms with Gasteiger partial charge in [0.15, 0.2) is 0 Å². The van der Waals surface area contributed by atoms with Gasteiger partial charge in [-0.25, -0.2) is 8.42 Å². The number of hydrogen-bond donors (Lipinski definition) is 1. The average Bonchev–Trinajstić information content (AvgIpc) is 2.43. The van der Waals surface area contributed by atoms with E-state index in [4.69, 9.17) is 16.3 Å². The van der Waals surface area contributed by atoms with Crippen molar-refractivity contribution >= 4 is 33.2 Å². The molecule has 6 nitrogen and oxygen atoms in total. The van der Waals surface area contributed by atoms with E-state index >= 15 is 0 Å². The first-order chi connectivity index (χ1) is 10.2. The maximum absolute atomic E-state index is 12.1. The molecule has 1 aromatic carbocycles. The Morgan fingerprint density at radius 1 is 1.45 bits per heavy atom. The number of ether oxygens (including phenoxy) is 1. The van der Waals surface area contributed by atoms with Crippen LogP contribution in [0.5, 0.6) is 5.75 Å². The van der Waals surface area contributed by atoms with E-state index in [1.54, 1.807) is 12.1 Å². The van der Waals surface area contributed by atoms with Crippen molar-refractivity contribution in [2.45, 2.75) is 26.3 Å². The predicted octanol–water partition coefficient (Wildman–Crippen LogP) is 2.03. The molecule has 0 saturated heterocycles. The molecule has 0 spiro atoms. The molecule has 0 aliphatic rings. The van der Waals surface area contributed by atoms with Crippen molar-refractivity contribution in [3.8, 4) is 5.75 Å². The van der Waals surface area contributed by atoms with Crippen molar-refractivity contribution in [2.24, 2.45) is 0 Å². The minimum atomic E-state index is -3.65. The van der Waals surface area contributed by atoms with Gasteiger partial charge in [0.1, 0.15) is 11.8 Å². The first kappa shape index (κ1) is 18.6. The van der Waals surface area contributed by atoms with Crippen molar-refractivity contribution in [1.29, 1.82) is 0 Å². The molecule has 8 heteroatoms. The van der Waals surface area contributed by atoms with Crippen molar-refractivity contribution in [1.82, 2.24) is 5.32 Å². The summed E-state index contributed by atoms with van der Waals surface area (Å²) < 4.78 is 30.3. The minimum absolute atomic E-state index is 0.273. The summed E-state index contributed by atoms with van der Waals surface area (Å²) in [6, 6.07) is 3.69. The lowest BCUT2D eigenvalue weighted by atomic mass is 10.2. The van der Waals surface area contributed by atoms with Crippen molar-refractivity contribution in [3.05, 3.63) is 23.2 Å². The van der Waals surface area contributed by atoms with Gasteiger partial charge in [-0.3, -0.25) is 9.10 Å². The summed E-state index contributed by atoms with van der Waals surface area (Å²) in [5.41, 5.74) is 0.312. The van der Waals surface area contributed by atoms with E-state index in [0.29, 0.717) is 18.0 Å². The molecule has 0 heterocycles. The van der Waals surface area contributed by atoms with Gasteiger partial charge in [-0.1, -0.05) is 18.5 Å². The first-order valence-corrected chi connectivity index (χ1v) is 9.05. The SMILES string of the molecule is CCCNC(=O)[C@@H](C)N(c1ccc(OC)c(Cl)c1)S(C)(=O)=O. The normalized spacial score (nSPS) is 12.6. The van der Waals surface area contributed by atoms with Crippen LogP contribution in [-0.2, 0) is 14.8 Å². The summed E-state index contributed by atoms with van der Waals surface area (Å²) in [7, 11) is -2.18. The Kier molecular flexibility index (Phi) is 6.49. The van der Waals surface area contributed by atoms with Crippen LogP contribution < -0.4 is 14.4 Å². The van der Waals surface area contributed by atoms with E-state index in [0.717, 1.165) is 17.0 Å². The summed E-state index contributed by atoms with van der Waals surface area (Å²) in [4.78, 5) is 12.1. The Morgan fingerprint density at radius 3 is 2.55 bits per heavy atom. The van der Waals surface area contributed by atoms with Crippen LogP contribution in [0.25, 0.3) is 0 Å². The summed E-state index contributed by atoms with van der Waals surface area (Å²) in [5, 5.41) is 2.96. The van der Waals surface area contributed by atoms with Crippen molar-refractivity contribution in [2.75, 3.05) is 24.2 Å². The number of methoxy groups -OCH3 is 1. The Labute approximate surface area is 136 Å². The lowest BCUT2D eigenvalue weighted by molar-refractivity contribution is -0.121. The van der Waals surface area contributed by atoms with Gasteiger partial charge in [-0.15, -0.1) is 0 Å². The topological polar surface area (TPSA) is 75.7 Å². The maximum Gasteiger partial charge on any atom is 0.243 e. The molecule has 0 saturated carbocycles.